The van der Waals surface area contributed by atoms with Gasteiger partial charge in [0.05, 0.1) is 6.26 Å². The molecule has 0 aliphatic heterocycles. The van der Waals surface area contributed by atoms with E-state index in [-0.39, 0.29) is 0 Å². The van der Waals surface area contributed by atoms with Gasteiger partial charge in [0.1, 0.15) is 6.29 Å². The Kier molecular flexibility index (Phi) is 6.45. The van der Waals surface area contributed by atoms with E-state index in [9.17, 15) is 9.59 Å². The second-order valence-electron chi connectivity index (χ2n) is 1.80. The van der Waals surface area contributed by atoms with Crippen molar-refractivity contribution in [2.45, 2.75) is 6.92 Å². The van der Waals surface area contributed by atoms with Crippen molar-refractivity contribution in [1.82, 2.24) is 0 Å². The van der Waals surface area contributed by atoms with Crippen LogP contribution in [0.15, 0.2) is 35.0 Å². The number of allylic oxidation sites excluding steroid dienone is 2. The average Bonchev–Trinajstić information content (AvgIpc) is 2.58. The molecule has 1 heterocycles. The van der Waals surface area contributed by atoms with Crippen molar-refractivity contribution in [2.24, 2.45) is 0 Å². The number of hydrogen-bond donors (Lipinski definition) is 0. The van der Waals surface area contributed by atoms with E-state index in [0.717, 1.165) is 6.29 Å². The number of aldehydes is 2. The van der Waals surface area contributed by atoms with Gasteiger partial charge in [0, 0.05) is 0 Å². The van der Waals surface area contributed by atoms with Crippen LogP contribution in [-0.4, -0.2) is 12.6 Å². The molecule has 1 rings (SSSR count). The van der Waals surface area contributed by atoms with Crippen LogP contribution in [0.25, 0.3) is 0 Å². The molecule has 0 aromatic carbocycles. The number of hydrogen-bond acceptors (Lipinski definition) is 3. The lowest BCUT2D eigenvalue weighted by molar-refractivity contribution is -0.104. The lowest BCUT2D eigenvalue weighted by atomic mass is 10.5. The molecule has 0 bridgehead atoms. The molecule has 0 radical (unpaired) electrons. The molecule has 1 aromatic rings. The number of carbonyl (C=O) groups is 2. The van der Waals surface area contributed by atoms with E-state index >= 15 is 0 Å². The van der Waals surface area contributed by atoms with Crippen molar-refractivity contribution in [3.63, 3.8) is 0 Å². The molecule has 0 N–H and O–H groups in total. The first-order valence-corrected chi connectivity index (χ1v) is 3.40. The van der Waals surface area contributed by atoms with E-state index in [1.165, 1.54) is 12.3 Å². The Morgan fingerprint density at radius 2 is 2.17 bits per heavy atom. The third-order valence-corrected chi connectivity index (χ3v) is 0.930. The highest BCUT2D eigenvalue weighted by Gasteiger charge is 1.84. The van der Waals surface area contributed by atoms with E-state index in [0.29, 0.717) is 12.0 Å². The van der Waals surface area contributed by atoms with Gasteiger partial charge in [-0.2, -0.15) is 0 Å². The van der Waals surface area contributed by atoms with E-state index < -0.39 is 0 Å². The molecule has 0 unspecified atom stereocenters. The van der Waals surface area contributed by atoms with Crippen LogP contribution < -0.4 is 0 Å². The fourth-order valence-corrected chi connectivity index (χ4v) is 0.437. The van der Waals surface area contributed by atoms with Crippen molar-refractivity contribution in [3.8, 4) is 0 Å². The molecule has 12 heavy (non-hydrogen) atoms. The summed E-state index contributed by atoms with van der Waals surface area (Å²) in [5.41, 5.74) is 0. The fraction of sp³-hybridized carbons (Fsp3) is 0.111. The molecule has 1 aromatic heterocycles. The van der Waals surface area contributed by atoms with Gasteiger partial charge in [0.25, 0.3) is 0 Å². The second kappa shape index (κ2) is 7.47. The van der Waals surface area contributed by atoms with Gasteiger partial charge in [-0.1, -0.05) is 6.08 Å². The molecule has 0 aliphatic rings. The lowest BCUT2D eigenvalue weighted by Gasteiger charge is -1.68. The van der Waals surface area contributed by atoms with E-state index in [2.05, 4.69) is 4.42 Å². The minimum atomic E-state index is 0.375. The molecule has 64 valence electrons. The van der Waals surface area contributed by atoms with Crippen LogP contribution in [0.5, 0.6) is 0 Å². The summed E-state index contributed by atoms with van der Waals surface area (Å²) in [5, 5.41) is 0. The maximum absolute atomic E-state index is 9.77. The Balaban J connectivity index is 0.000000217. The molecule has 0 saturated carbocycles. The van der Waals surface area contributed by atoms with Crippen LogP contribution in [0.2, 0.25) is 0 Å². The third kappa shape index (κ3) is 5.17. The highest BCUT2D eigenvalue weighted by Crippen LogP contribution is 1.92. The van der Waals surface area contributed by atoms with Gasteiger partial charge in [-0.15, -0.1) is 0 Å². The predicted octanol–water partition coefficient (Wildman–Crippen LogP) is 1.85. The van der Waals surface area contributed by atoms with Gasteiger partial charge in [-0.3, -0.25) is 9.59 Å². The summed E-state index contributed by atoms with van der Waals surface area (Å²) in [5.74, 6) is 0.375. The van der Waals surface area contributed by atoms with Crippen LogP contribution >= 0.6 is 0 Å². The van der Waals surface area contributed by atoms with Crippen LogP contribution in [0.1, 0.15) is 17.5 Å². The Hall–Kier alpha value is -1.64. The molecule has 0 aliphatic carbocycles. The SMILES string of the molecule is C/C=C/C=O.O=Cc1ccco1. The number of furan rings is 1. The molecule has 3 heteroatoms. The zero-order valence-electron chi connectivity index (χ0n) is 6.77. The summed E-state index contributed by atoms with van der Waals surface area (Å²) in [6, 6.07) is 3.27. The van der Waals surface area contributed by atoms with Crippen molar-refractivity contribution in [2.75, 3.05) is 0 Å². The summed E-state index contributed by atoms with van der Waals surface area (Å²) in [4.78, 5) is 19.1. The standard InChI is InChI=1S/C5H4O2.C4H6O/c6-4-5-2-1-3-7-5;1-2-3-4-5/h1-4H;2-4H,1H3/b;3-2+. The van der Waals surface area contributed by atoms with Gasteiger partial charge in [-0.05, 0) is 25.1 Å². The molecule has 0 amide bonds. The minimum absolute atomic E-state index is 0.375. The fourth-order valence-electron chi connectivity index (χ4n) is 0.437. The average molecular weight is 166 g/mol. The minimum Gasteiger partial charge on any atom is -0.462 e. The second-order valence-corrected chi connectivity index (χ2v) is 1.80. The van der Waals surface area contributed by atoms with E-state index in [1.807, 2.05) is 0 Å². The van der Waals surface area contributed by atoms with Crippen molar-refractivity contribution in [1.29, 1.82) is 0 Å². The Labute approximate surface area is 70.7 Å². The summed E-state index contributed by atoms with van der Waals surface area (Å²) in [6.07, 6.45) is 6.01. The monoisotopic (exact) mass is 166 g/mol. The largest absolute Gasteiger partial charge is 0.462 e. The predicted molar refractivity (Wildman–Crippen MR) is 45.0 cm³/mol. The van der Waals surface area contributed by atoms with E-state index in [4.69, 9.17) is 0 Å². The first-order valence-electron chi connectivity index (χ1n) is 3.40. The van der Waals surface area contributed by atoms with Crippen LogP contribution in [0.4, 0.5) is 0 Å². The Morgan fingerprint density at radius 3 is 2.33 bits per heavy atom. The summed E-state index contributed by atoms with van der Waals surface area (Å²) in [7, 11) is 0. The molecular formula is C9H10O3. The van der Waals surface area contributed by atoms with Gasteiger partial charge in [0.2, 0.25) is 0 Å². The molecular weight excluding hydrogens is 156 g/mol. The maximum atomic E-state index is 9.77. The third-order valence-electron chi connectivity index (χ3n) is 0.930. The van der Waals surface area contributed by atoms with Gasteiger partial charge < -0.3 is 4.42 Å². The Bertz CT molecular complexity index is 234. The van der Waals surface area contributed by atoms with Crippen molar-refractivity contribution in [3.05, 3.63) is 36.3 Å². The van der Waals surface area contributed by atoms with Crippen molar-refractivity contribution < 1.29 is 14.0 Å². The highest BCUT2D eigenvalue weighted by atomic mass is 16.3. The summed E-state index contributed by atoms with van der Waals surface area (Å²) in [6.45, 7) is 1.80. The highest BCUT2D eigenvalue weighted by molar-refractivity contribution is 5.69. The van der Waals surface area contributed by atoms with E-state index in [1.54, 1.807) is 25.1 Å². The van der Waals surface area contributed by atoms with Crippen LogP contribution in [0, 0.1) is 0 Å². The molecule has 0 spiro atoms. The quantitative estimate of drug-likeness (QED) is 0.497. The molecule has 0 saturated heterocycles. The lowest BCUT2D eigenvalue weighted by Crippen LogP contribution is -1.65. The zero-order chi connectivity index (χ0) is 9.23. The Morgan fingerprint density at radius 1 is 1.42 bits per heavy atom. The first kappa shape index (κ1) is 10.4. The molecule has 3 nitrogen and oxygen atoms in total. The van der Waals surface area contributed by atoms with Gasteiger partial charge >= 0.3 is 0 Å². The zero-order valence-corrected chi connectivity index (χ0v) is 6.77. The van der Waals surface area contributed by atoms with Gasteiger partial charge in [0.15, 0.2) is 12.0 Å². The topological polar surface area (TPSA) is 47.3 Å². The smallest absolute Gasteiger partial charge is 0.185 e. The first-order chi connectivity index (χ1) is 5.85. The molecule has 0 fully saturated rings. The maximum Gasteiger partial charge on any atom is 0.185 e. The van der Waals surface area contributed by atoms with Gasteiger partial charge in [-0.25, -0.2) is 0 Å². The van der Waals surface area contributed by atoms with Crippen LogP contribution in [-0.2, 0) is 4.79 Å². The summed E-state index contributed by atoms with van der Waals surface area (Å²) < 4.78 is 4.61. The van der Waals surface area contributed by atoms with Crippen molar-refractivity contribution >= 4 is 12.6 Å². The summed E-state index contributed by atoms with van der Waals surface area (Å²) >= 11 is 0. The molecule has 0 atom stereocenters. The normalized spacial score (nSPS) is 8.75. The van der Waals surface area contributed by atoms with Crippen LogP contribution in [0.3, 0.4) is 0 Å². The number of rotatable bonds is 2. The number of carbonyl (C=O) groups excluding carboxylic acids is 2.